The van der Waals surface area contributed by atoms with Crippen LogP contribution in [0, 0.1) is 0 Å². The fourth-order valence-electron chi connectivity index (χ4n) is 1.96. The van der Waals surface area contributed by atoms with Crippen LogP contribution in [0.25, 0.3) is 5.69 Å². The molecule has 0 saturated carbocycles. The molecule has 0 fully saturated rings. The minimum absolute atomic E-state index is 0.213. The summed E-state index contributed by atoms with van der Waals surface area (Å²) < 4.78 is 6.91. The van der Waals surface area contributed by atoms with Crippen LogP contribution in [-0.2, 0) is 0 Å². The molecule has 2 aromatic heterocycles. The van der Waals surface area contributed by atoms with E-state index in [2.05, 4.69) is 10.5 Å². The Morgan fingerprint density at radius 2 is 2.00 bits per heavy atom. The van der Waals surface area contributed by atoms with Crippen molar-refractivity contribution in [3.05, 3.63) is 77.5 Å². The van der Waals surface area contributed by atoms with Crippen molar-refractivity contribution in [3.8, 4) is 5.69 Å². The third kappa shape index (κ3) is 3.10. The van der Waals surface area contributed by atoms with Gasteiger partial charge in [-0.05, 0) is 48.5 Å². The zero-order valence-electron chi connectivity index (χ0n) is 11.4. The van der Waals surface area contributed by atoms with E-state index in [1.54, 1.807) is 18.3 Å². The molecule has 0 aliphatic carbocycles. The molecule has 0 radical (unpaired) electrons. The van der Waals surface area contributed by atoms with Gasteiger partial charge in [0.25, 0.3) is 0 Å². The van der Waals surface area contributed by atoms with Crippen LogP contribution in [0.3, 0.4) is 0 Å². The smallest absolute Gasteiger partial charge is 0.307 e. The monoisotopic (exact) mass is 313 g/mol. The number of nitrogens with one attached hydrogen (secondary N) is 1. The summed E-state index contributed by atoms with van der Waals surface area (Å²) in [6.45, 7) is 0. The van der Waals surface area contributed by atoms with Gasteiger partial charge in [-0.2, -0.15) is 5.10 Å². The lowest BCUT2D eigenvalue weighted by Crippen LogP contribution is -2.17. The summed E-state index contributed by atoms with van der Waals surface area (Å²) in [5.41, 5.74) is 4.19. The molecule has 22 heavy (non-hydrogen) atoms. The standard InChI is InChI=1S/C16H12ClN3O2/c17-12-5-7-13(8-6-12)20-9-1-3-14(20)11-18-19-16(21)15-4-2-10-22-15/h1-11H,(H,19,21)/b18-11+. The van der Waals surface area contributed by atoms with Crippen molar-refractivity contribution in [2.75, 3.05) is 0 Å². The highest BCUT2D eigenvalue weighted by Crippen LogP contribution is 2.15. The van der Waals surface area contributed by atoms with Gasteiger partial charge in [0.1, 0.15) is 0 Å². The molecule has 2 heterocycles. The quantitative estimate of drug-likeness (QED) is 0.592. The van der Waals surface area contributed by atoms with E-state index in [1.165, 1.54) is 6.26 Å². The Kier molecular flexibility index (Phi) is 4.07. The number of halogens is 1. The van der Waals surface area contributed by atoms with Crippen LogP contribution in [0.5, 0.6) is 0 Å². The molecule has 0 saturated heterocycles. The number of rotatable bonds is 4. The zero-order valence-corrected chi connectivity index (χ0v) is 12.2. The Labute approximate surface area is 131 Å². The van der Waals surface area contributed by atoms with Gasteiger partial charge in [-0.25, -0.2) is 5.43 Å². The number of furan rings is 1. The number of hydrogen-bond donors (Lipinski definition) is 1. The van der Waals surface area contributed by atoms with E-state index in [0.717, 1.165) is 11.4 Å². The van der Waals surface area contributed by atoms with Crippen LogP contribution in [0.1, 0.15) is 16.2 Å². The highest BCUT2D eigenvalue weighted by molar-refractivity contribution is 6.30. The van der Waals surface area contributed by atoms with Crippen LogP contribution in [0.15, 0.2) is 70.5 Å². The fourth-order valence-corrected chi connectivity index (χ4v) is 2.08. The summed E-state index contributed by atoms with van der Waals surface area (Å²) in [7, 11) is 0. The van der Waals surface area contributed by atoms with E-state index < -0.39 is 5.91 Å². The van der Waals surface area contributed by atoms with Gasteiger partial charge in [-0.3, -0.25) is 4.79 Å². The lowest BCUT2D eigenvalue weighted by atomic mass is 10.3. The first kappa shape index (κ1) is 14.2. The van der Waals surface area contributed by atoms with E-state index in [1.807, 2.05) is 47.2 Å². The number of nitrogens with zero attached hydrogens (tertiary/aromatic N) is 2. The lowest BCUT2D eigenvalue weighted by Gasteiger charge is -2.06. The van der Waals surface area contributed by atoms with Gasteiger partial charge in [0.15, 0.2) is 5.76 Å². The highest BCUT2D eigenvalue weighted by Gasteiger charge is 2.06. The maximum absolute atomic E-state index is 11.7. The second-order valence-corrected chi connectivity index (χ2v) is 4.89. The molecule has 6 heteroatoms. The van der Waals surface area contributed by atoms with Crippen LogP contribution in [-0.4, -0.2) is 16.7 Å². The first-order valence-electron chi connectivity index (χ1n) is 6.54. The van der Waals surface area contributed by atoms with Crippen molar-refractivity contribution in [2.24, 2.45) is 5.10 Å². The summed E-state index contributed by atoms with van der Waals surface area (Å²) >= 11 is 5.89. The molecule has 5 nitrogen and oxygen atoms in total. The SMILES string of the molecule is O=C(N/N=C/c1cccn1-c1ccc(Cl)cc1)c1ccco1. The number of carbonyl (C=O) groups is 1. The van der Waals surface area contributed by atoms with E-state index in [0.29, 0.717) is 5.02 Å². The topological polar surface area (TPSA) is 59.5 Å². The van der Waals surface area contributed by atoms with Crippen molar-refractivity contribution in [2.45, 2.75) is 0 Å². The van der Waals surface area contributed by atoms with Crippen LogP contribution < -0.4 is 5.43 Å². The molecule has 1 N–H and O–H groups in total. The maximum atomic E-state index is 11.7. The Balaban J connectivity index is 1.74. The number of amides is 1. The Morgan fingerprint density at radius 1 is 1.18 bits per heavy atom. The van der Waals surface area contributed by atoms with E-state index in [4.69, 9.17) is 16.0 Å². The second kappa shape index (κ2) is 6.32. The molecule has 0 atom stereocenters. The highest BCUT2D eigenvalue weighted by atomic mass is 35.5. The number of hydrazone groups is 1. The summed E-state index contributed by atoms with van der Waals surface area (Å²) in [5.74, 6) is -0.184. The van der Waals surface area contributed by atoms with Gasteiger partial charge >= 0.3 is 5.91 Å². The van der Waals surface area contributed by atoms with Gasteiger partial charge in [-0.1, -0.05) is 11.6 Å². The molecule has 1 aromatic carbocycles. The molecule has 3 aromatic rings. The van der Waals surface area contributed by atoms with Crippen LogP contribution in [0.4, 0.5) is 0 Å². The molecular weight excluding hydrogens is 302 g/mol. The van der Waals surface area contributed by atoms with Crippen LogP contribution in [0.2, 0.25) is 5.02 Å². The van der Waals surface area contributed by atoms with Crippen molar-refractivity contribution in [1.29, 1.82) is 0 Å². The van der Waals surface area contributed by atoms with Crippen LogP contribution >= 0.6 is 11.6 Å². The predicted octanol–water partition coefficient (Wildman–Crippen LogP) is 3.49. The first-order chi connectivity index (χ1) is 10.7. The summed E-state index contributed by atoms with van der Waals surface area (Å²) in [5, 5.41) is 4.62. The van der Waals surface area contributed by atoms with Gasteiger partial charge in [0.2, 0.25) is 0 Å². The molecule has 0 aliphatic rings. The fraction of sp³-hybridized carbons (Fsp3) is 0. The summed E-state index contributed by atoms with van der Waals surface area (Å²) in [6, 6.07) is 14.4. The van der Waals surface area contributed by atoms with E-state index in [9.17, 15) is 4.79 Å². The van der Waals surface area contributed by atoms with E-state index >= 15 is 0 Å². The maximum Gasteiger partial charge on any atom is 0.307 e. The molecule has 110 valence electrons. The Hall–Kier alpha value is -2.79. The molecule has 1 amide bonds. The third-order valence-corrected chi connectivity index (χ3v) is 3.24. The number of benzene rings is 1. The second-order valence-electron chi connectivity index (χ2n) is 4.46. The largest absolute Gasteiger partial charge is 0.459 e. The van der Waals surface area contributed by atoms with E-state index in [-0.39, 0.29) is 5.76 Å². The average Bonchev–Trinajstić information content (AvgIpc) is 3.19. The van der Waals surface area contributed by atoms with Crippen molar-refractivity contribution in [3.63, 3.8) is 0 Å². The minimum atomic E-state index is -0.397. The zero-order chi connectivity index (χ0) is 15.4. The average molecular weight is 314 g/mol. The predicted molar refractivity (Wildman–Crippen MR) is 84.5 cm³/mol. The normalized spacial score (nSPS) is 11.0. The minimum Gasteiger partial charge on any atom is -0.459 e. The van der Waals surface area contributed by atoms with Crippen molar-refractivity contribution in [1.82, 2.24) is 9.99 Å². The number of carbonyl (C=O) groups excluding carboxylic acids is 1. The molecule has 0 unspecified atom stereocenters. The lowest BCUT2D eigenvalue weighted by molar-refractivity contribution is 0.0927. The summed E-state index contributed by atoms with van der Waals surface area (Å²) in [4.78, 5) is 11.7. The molecule has 0 aliphatic heterocycles. The van der Waals surface area contributed by atoms with Gasteiger partial charge in [0, 0.05) is 16.9 Å². The Morgan fingerprint density at radius 3 is 2.73 bits per heavy atom. The molecule has 0 bridgehead atoms. The van der Waals surface area contributed by atoms with Gasteiger partial charge < -0.3 is 8.98 Å². The third-order valence-electron chi connectivity index (χ3n) is 2.99. The summed E-state index contributed by atoms with van der Waals surface area (Å²) in [6.07, 6.45) is 4.90. The molecular formula is C16H12ClN3O2. The number of aromatic nitrogens is 1. The number of hydrogen-bond acceptors (Lipinski definition) is 3. The molecule has 3 rings (SSSR count). The van der Waals surface area contributed by atoms with Gasteiger partial charge in [0.05, 0.1) is 18.2 Å². The molecule has 0 spiro atoms. The van der Waals surface area contributed by atoms with Crippen molar-refractivity contribution < 1.29 is 9.21 Å². The Bertz CT molecular complexity index is 789. The van der Waals surface area contributed by atoms with Gasteiger partial charge in [-0.15, -0.1) is 0 Å². The van der Waals surface area contributed by atoms with Crippen molar-refractivity contribution >= 4 is 23.7 Å². The first-order valence-corrected chi connectivity index (χ1v) is 6.92.